The number of nitrogen functional groups attached to an aromatic ring is 1. The van der Waals surface area contributed by atoms with E-state index in [9.17, 15) is 13.6 Å². The van der Waals surface area contributed by atoms with Crippen molar-refractivity contribution >= 4 is 34.1 Å². The lowest BCUT2D eigenvalue weighted by Gasteiger charge is -2.06. The topological polar surface area (TPSA) is 108 Å². The standard InChI is InChI=1S/C20H16F2N6O2S2/c21-13-3-1-12(2-4-13)16-10-31-19(24-16)25-18(29)11-32-20-27-26-17(28(20)23)9-30-15-7-5-14(22)6-8-15/h1-8,10H,9,11,23H2,(H,24,25,29). The van der Waals surface area contributed by atoms with Crippen LogP contribution in [0.1, 0.15) is 5.82 Å². The molecule has 0 saturated heterocycles. The van der Waals surface area contributed by atoms with E-state index < -0.39 is 0 Å². The Hall–Kier alpha value is -3.51. The number of halogens is 2. The Bertz CT molecular complexity index is 1210. The molecular formula is C20H16F2N6O2S2. The zero-order valence-corrected chi connectivity index (χ0v) is 18.0. The molecule has 0 aliphatic heterocycles. The third-order valence-electron chi connectivity index (χ3n) is 4.14. The Morgan fingerprint density at radius 2 is 1.78 bits per heavy atom. The number of ether oxygens (including phenoxy) is 1. The molecule has 0 aliphatic carbocycles. The first-order chi connectivity index (χ1) is 15.5. The first kappa shape index (κ1) is 21.7. The van der Waals surface area contributed by atoms with Crippen molar-refractivity contribution in [1.82, 2.24) is 19.9 Å². The van der Waals surface area contributed by atoms with E-state index in [1.165, 1.54) is 52.4 Å². The van der Waals surface area contributed by atoms with Crippen LogP contribution < -0.4 is 15.9 Å². The summed E-state index contributed by atoms with van der Waals surface area (Å²) in [6.45, 7) is 0.0349. The highest BCUT2D eigenvalue weighted by Gasteiger charge is 2.14. The zero-order valence-electron chi connectivity index (χ0n) is 16.4. The normalized spacial score (nSPS) is 10.8. The Kier molecular flexibility index (Phi) is 6.61. The number of hydrogen-bond donors (Lipinski definition) is 2. The second-order valence-electron chi connectivity index (χ2n) is 6.39. The number of rotatable bonds is 8. The number of thiazole rings is 1. The molecule has 3 N–H and O–H groups in total. The van der Waals surface area contributed by atoms with Crippen molar-refractivity contribution in [1.29, 1.82) is 0 Å². The Labute approximate surface area is 189 Å². The molecule has 32 heavy (non-hydrogen) atoms. The molecule has 2 aromatic heterocycles. The SMILES string of the molecule is Nn1c(COc2ccc(F)cc2)nnc1SCC(=O)Nc1nc(-c2ccc(F)cc2)cs1. The Morgan fingerprint density at radius 3 is 2.50 bits per heavy atom. The molecule has 8 nitrogen and oxygen atoms in total. The minimum atomic E-state index is -0.360. The van der Waals surface area contributed by atoms with Crippen LogP contribution in [0.15, 0.2) is 59.1 Å². The van der Waals surface area contributed by atoms with Crippen LogP contribution in [0, 0.1) is 11.6 Å². The van der Waals surface area contributed by atoms with Crippen molar-refractivity contribution in [2.75, 3.05) is 16.9 Å². The summed E-state index contributed by atoms with van der Waals surface area (Å²) in [5, 5.41) is 13.2. The molecule has 1 amide bonds. The van der Waals surface area contributed by atoms with Gasteiger partial charge in [0.15, 0.2) is 11.0 Å². The van der Waals surface area contributed by atoms with E-state index in [2.05, 4.69) is 20.5 Å². The van der Waals surface area contributed by atoms with Gasteiger partial charge in [-0.2, -0.15) is 0 Å². The number of carbonyl (C=O) groups excluding carboxylic acids is 1. The van der Waals surface area contributed by atoms with Gasteiger partial charge in [-0.05, 0) is 48.5 Å². The van der Waals surface area contributed by atoms with Gasteiger partial charge in [-0.1, -0.05) is 11.8 Å². The molecule has 0 aliphatic rings. The third-order valence-corrected chi connectivity index (χ3v) is 5.84. The molecular weight excluding hydrogens is 458 g/mol. The molecule has 2 aromatic carbocycles. The molecule has 0 unspecified atom stereocenters. The molecule has 0 radical (unpaired) electrons. The number of benzene rings is 2. The summed E-state index contributed by atoms with van der Waals surface area (Å²) < 4.78 is 32.7. The minimum Gasteiger partial charge on any atom is -0.486 e. The van der Waals surface area contributed by atoms with Gasteiger partial charge in [0, 0.05) is 10.9 Å². The lowest BCUT2D eigenvalue weighted by atomic mass is 10.2. The maximum absolute atomic E-state index is 13.1. The average Bonchev–Trinajstić information content (AvgIpc) is 3.39. The molecule has 0 bridgehead atoms. The second-order valence-corrected chi connectivity index (χ2v) is 8.19. The summed E-state index contributed by atoms with van der Waals surface area (Å²) in [5.74, 6) is 5.85. The molecule has 0 saturated carbocycles. The number of aromatic nitrogens is 4. The summed E-state index contributed by atoms with van der Waals surface area (Å²) in [5.41, 5.74) is 1.40. The maximum Gasteiger partial charge on any atom is 0.236 e. The van der Waals surface area contributed by atoms with Crippen molar-refractivity contribution in [3.63, 3.8) is 0 Å². The molecule has 4 aromatic rings. The number of nitrogens with two attached hydrogens (primary N) is 1. The van der Waals surface area contributed by atoms with Gasteiger partial charge in [-0.3, -0.25) is 4.79 Å². The van der Waals surface area contributed by atoms with E-state index in [-0.39, 0.29) is 29.9 Å². The van der Waals surface area contributed by atoms with Gasteiger partial charge in [0.05, 0.1) is 11.4 Å². The summed E-state index contributed by atoms with van der Waals surface area (Å²) >= 11 is 2.37. The van der Waals surface area contributed by atoms with Crippen LogP contribution in [0.5, 0.6) is 5.75 Å². The van der Waals surface area contributed by atoms with Crippen LogP contribution >= 0.6 is 23.1 Å². The van der Waals surface area contributed by atoms with Gasteiger partial charge in [-0.25, -0.2) is 18.4 Å². The molecule has 4 rings (SSSR count). The summed E-state index contributed by atoms with van der Waals surface area (Å²) in [6, 6.07) is 11.5. The van der Waals surface area contributed by atoms with Gasteiger partial charge >= 0.3 is 0 Å². The van der Waals surface area contributed by atoms with E-state index in [1.807, 2.05) is 0 Å². The molecule has 164 valence electrons. The number of carbonyl (C=O) groups is 1. The number of hydrogen-bond acceptors (Lipinski definition) is 8. The van der Waals surface area contributed by atoms with E-state index in [0.717, 1.165) is 17.3 Å². The number of amides is 1. The van der Waals surface area contributed by atoms with Gasteiger partial charge < -0.3 is 15.9 Å². The monoisotopic (exact) mass is 474 g/mol. The van der Waals surface area contributed by atoms with Crippen molar-refractivity contribution in [2.45, 2.75) is 11.8 Å². The quantitative estimate of drug-likeness (QED) is 0.296. The molecule has 12 heteroatoms. The molecule has 0 atom stereocenters. The second kappa shape index (κ2) is 9.75. The van der Waals surface area contributed by atoms with Crippen LogP contribution in [0.3, 0.4) is 0 Å². The molecule has 0 fully saturated rings. The van der Waals surface area contributed by atoms with Crippen molar-refractivity contribution in [2.24, 2.45) is 0 Å². The van der Waals surface area contributed by atoms with E-state index >= 15 is 0 Å². The Morgan fingerprint density at radius 1 is 1.09 bits per heavy atom. The minimum absolute atomic E-state index is 0.0349. The number of thioether (sulfide) groups is 1. The smallest absolute Gasteiger partial charge is 0.236 e. The van der Waals surface area contributed by atoms with Crippen LogP contribution in [0.4, 0.5) is 13.9 Å². The maximum atomic E-state index is 13.1. The van der Waals surface area contributed by atoms with Crippen LogP contribution in [-0.4, -0.2) is 31.5 Å². The van der Waals surface area contributed by atoms with Crippen LogP contribution in [0.2, 0.25) is 0 Å². The fourth-order valence-electron chi connectivity index (χ4n) is 2.55. The highest BCUT2D eigenvalue weighted by molar-refractivity contribution is 7.99. The highest BCUT2D eigenvalue weighted by atomic mass is 32.2. The van der Waals surface area contributed by atoms with Crippen molar-refractivity contribution in [3.05, 3.63) is 71.4 Å². The van der Waals surface area contributed by atoms with Gasteiger partial charge in [-0.15, -0.1) is 21.5 Å². The predicted molar refractivity (Wildman–Crippen MR) is 118 cm³/mol. The highest BCUT2D eigenvalue weighted by Crippen LogP contribution is 2.25. The van der Waals surface area contributed by atoms with E-state index in [1.54, 1.807) is 17.5 Å². The summed E-state index contributed by atoms with van der Waals surface area (Å²) in [6.07, 6.45) is 0. The summed E-state index contributed by atoms with van der Waals surface area (Å²) in [7, 11) is 0. The van der Waals surface area contributed by atoms with Crippen LogP contribution in [-0.2, 0) is 11.4 Å². The van der Waals surface area contributed by atoms with Crippen LogP contribution in [0.25, 0.3) is 11.3 Å². The first-order valence-corrected chi connectivity index (χ1v) is 11.1. The van der Waals surface area contributed by atoms with E-state index in [0.29, 0.717) is 27.6 Å². The number of anilines is 1. The summed E-state index contributed by atoms with van der Waals surface area (Å²) in [4.78, 5) is 16.6. The van der Waals surface area contributed by atoms with Crippen molar-refractivity contribution < 1.29 is 18.3 Å². The van der Waals surface area contributed by atoms with Gasteiger partial charge in [0.1, 0.15) is 24.0 Å². The van der Waals surface area contributed by atoms with Crippen molar-refractivity contribution in [3.8, 4) is 17.0 Å². The third kappa shape index (κ3) is 5.39. The Balaban J connectivity index is 1.29. The number of nitrogens with one attached hydrogen (secondary N) is 1. The largest absolute Gasteiger partial charge is 0.486 e. The zero-order chi connectivity index (χ0) is 22.5. The number of nitrogens with zero attached hydrogens (tertiary/aromatic N) is 4. The predicted octanol–water partition coefficient (Wildman–Crippen LogP) is 3.70. The van der Waals surface area contributed by atoms with E-state index in [4.69, 9.17) is 10.6 Å². The lowest BCUT2D eigenvalue weighted by Crippen LogP contribution is -2.18. The fourth-order valence-corrected chi connectivity index (χ4v) is 3.96. The molecule has 2 heterocycles. The molecule has 0 spiro atoms. The van der Waals surface area contributed by atoms with Gasteiger partial charge in [0.2, 0.25) is 11.1 Å². The average molecular weight is 475 g/mol. The lowest BCUT2D eigenvalue weighted by molar-refractivity contribution is -0.113. The fraction of sp³-hybridized carbons (Fsp3) is 0.100. The first-order valence-electron chi connectivity index (χ1n) is 9.20. The van der Waals surface area contributed by atoms with Gasteiger partial charge in [0.25, 0.3) is 0 Å².